The molecule has 1 unspecified atom stereocenters. The third-order valence-electron chi connectivity index (χ3n) is 7.31. The van der Waals surface area contributed by atoms with E-state index in [2.05, 4.69) is 5.32 Å². The highest BCUT2D eigenvalue weighted by Crippen LogP contribution is 2.31. The van der Waals surface area contributed by atoms with Crippen molar-refractivity contribution in [2.24, 2.45) is 0 Å². The van der Waals surface area contributed by atoms with Crippen LogP contribution < -0.4 is 9.62 Å². The monoisotopic (exact) mass is 631 g/mol. The molecule has 0 saturated heterocycles. The molecule has 230 valence electrons. The number of aryl methyl sites for hydroxylation is 2. The standard InChI is InChI=1S/C35H38ClN3O4S/c1-25(2)37-35(41)33(22-28-13-6-5-7-14-28)38(23-29-15-9-8-12-27(29)4)34(40)24-39(32-17-11-10-16-31(32)36)44(42,43)30-20-18-26(3)19-21-30/h5-21,25,33H,22-24H2,1-4H3,(H,37,41). The third kappa shape index (κ3) is 8.07. The zero-order valence-electron chi connectivity index (χ0n) is 25.4. The van der Waals surface area contributed by atoms with Gasteiger partial charge in [0.05, 0.1) is 15.6 Å². The summed E-state index contributed by atoms with van der Waals surface area (Å²) in [6, 6.07) is 29.0. The van der Waals surface area contributed by atoms with Crippen molar-refractivity contribution in [3.05, 3.63) is 130 Å². The van der Waals surface area contributed by atoms with Gasteiger partial charge in [0.15, 0.2) is 0 Å². The summed E-state index contributed by atoms with van der Waals surface area (Å²) in [4.78, 5) is 29.8. The van der Waals surface area contributed by atoms with Crippen molar-refractivity contribution in [2.75, 3.05) is 10.8 Å². The lowest BCUT2D eigenvalue weighted by Gasteiger charge is -2.34. The summed E-state index contributed by atoms with van der Waals surface area (Å²) in [5, 5.41) is 3.15. The van der Waals surface area contributed by atoms with Crippen LogP contribution in [-0.2, 0) is 32.6 Å². The lowest BCUT2D eigenvalue weighted by molar-refractivity contribution is -0.140. The van der Waals surface area contributed by atoms with Crippen molar-refractivity contribution in [3.63, 3.8) is 0 Å². The Kier molecular flexibility index (Phi) is 10.8. The minimum atomic E-state index is -4.23. The summed E-state index contributed by atoms with van der Waals surface area (Å²) in [6.45, 7) is 7.07. The van der Waals surface area contributed by atoms with Crippen LogP contribution in [0.4, 0.5) is 5.69 Å². The second-order valence-corrected chi connectivity index (χ2v) is 13.4. The number of nitrogens with one attached hydrogen (secondary N) is 1. The SMILES string of the molecule is Cc1ccc(S(=O)(=O)N(CC(=O)N(Cc2ccccc2C)C(Cc2ccccc2)C(=O)NC(C)C)c2ccccc2Cl)cc1. The maximum atomic E-state index is 14.5. The fraction of sp³-hybridized carbons (Fsp3) is 0.257. The number of nitrogens with zero attached hydrogens (tertiary/aromatic N) is 2. The molecule has 44 heavy (non-hydrogen) atoms. The molecule has 0 aliphatic heterocycles. The van der Waals surface area contributed by atoms with Crippen LogP contribution in [0, 0.1) is 13.8 Å². The number of amides is 2. The Morgan fingerprint density at radius 3 is 2.07 bits per heavy atom. The van der Waals surface area contributed by atoms with Crippen LogP contribution in [0.3, 0.4) is 0 Å². The highest BCUT2D eigenvalue weighted by Gasteiger charge is 2.35. The summed E-state index contributed by atoms with van der Waals surface area (Å²) in [5.74, 6) is -0.861. The predicted octanol–water partition coefficient (Wildman–Crippen LogP) is 6.32. The van der Waals surface area contributed by atoms with Crippen LogP contribution in [0.1, 0.15) is 36.1 Å². The molecule has 2 amide bonds. The zero-order chi connectivity index (χ0) is 31.9. The molecule has 7 nitrogen and oxygen atoms in total. The van der Waals surface area contributed by atoms with E-state index in [4.69, 9.17) is 11.6 Å². The van der Waals surface area contributed by atoms with E-state index in [1.807, 2.05) is 82.3 Å². The van der Waals surface area contributed by atoms with Gasteiger partial charge in [-0.05, 0) is 68.7 Å². The van der Waals surface area contributed by atoms with E-state index < -0.39 is 28.5 Å². The number of hydrogen-bond acceptors (Lipinski definition) is 4. The van der Waals surface area contributed by atoms with Gasteiger partial charge < -0.3 is 10.2 Å². The lowest BCUT2D eigenvalue weighted by atomic mass is 10.0. The second-order valence-electron chi connectivity index (χ2n) is 11.1. The Hall–Kier alpha value is -4.14. The van der Waals surface area contributed by atoms with Crippen molar-refractivity contribution < 1.29 is 18.0 Å². The number of para-hydroxylation sites is 1. The molecule has 4 aromatic rings. The summed E-state index contributed by atoms with van der Waals surface area (Å²) in [5.41, 5.74) is 3.73. The van der Waals surface area contributed by atoms with E-state index in [1.54, 1.807) is 36.4 Å². The molecule has 0 aliphatic carbocycles. The molecule has 0 aliphatic rings. The van der Waals surface area contributed by atoms with Gasteiger partial charge in [-0.15, -0.1) is 0 Å². The van der Waals surface area contributed by atoms with Gasteiger partial charge in [-0.2, -0.15) is 0 Å². The van der Waals surface area contributed by atoms with Crippen LogP contribution in [0.2, 0.25) is 5.02 Å². The van der Waals surface area contributed by atoms with Crippen molar-refractivity contribution in [3.8, 4) is 0 Å². The van der Waals surface area contributed by atoms with E-state index in [9.17, 15) is 18.0 Å². The number of rotatable bonds is 12. The maximum absolute atomic E-state index is 14.5. The zero-order valence-corrected chi connectivity index (χ0v) is 27.0. The molecule has 0 bridgehead atoms. The van der Waals surface area contributed by atoms with E-state index in [0.29, 0.717) is 0 Å². The molecule has 0 saturated carbocycles. The van der Waals surface area contributed by atoms with Gasteiger partial charge in [0, 0.05) is 19.0 Å². The number of carbonyl (C=O) groups excluding carboxylic acids is 2. The molecular weight excluding hydrogens is 594 g/mol. The molecule has 1 atom stereocenters. The summed E-state index contributed by atoms with van der Waals surface area (Å²) < 4.78 is 29.3. The Morgan fingerprint density at radius 1 is 0.818 bits per heavy atom. The predicted molar refractivity (Wildman–Crippen MR) is 176 cm³/mol. The molecule has 4 aromatic carbocycles. The van der Waals surface area contributed by atoms with Crippen LogP contribution in [0.15, 0.2) is 108 Å². The molecule has 4 rings (SSSR count). The quantitative estimate of drug-likeness (QED) is 0.198. The number of sulfonamides is 1. The summed E-state index contributed by atoms with van der Waals surface area (Å²) in [7, 11) is -4.23. The number of halogens is 1. The largest absolute Gasteiger partial charge is 0.352 e. The van der Waals surface area contributed by atoms with Gasteiger partial charge in [-0.1, -0.05) is 96.0 Å². The average molecular weight is 632 g/mol. The molecule has 0 radical (unpaired) electrons. The van der Waals surface area contributed by atoms with Gasteiger partial charge in [-0.3, -0.25) is 13.9 Å². The van der Waals surface area contributed by atoms with Crippen LogP contribution in [0.5, 0.6) is 0 Å². The Labute approximate surface area is 265 Å². The fourth-order valence-corrected chi connectivity index (χ4v) is 6.63. The lowest BCUT2D eigenvalue weighted by Crippen LogP contribution is -2.54. The van der Waals surface area contributed by atoms with Crippen molar-refractivity contribution in [2.45, 2.75) is 57.6 Å². The highest BCUT2D eigenvalue weighted by atomic mass is 35.5. The first-order valence-electron chi connectivity index (χ1n) is 14.5. The van der Waals surface area contributed by atoms with Gasteiger partial charge in [0.1, 0.15) is 12.6 Å². The molecule has 0 heterocycles. The van der Waals surface area contributed by atoms with Gasteiger partial charge in [0.25, 0.3) is 10.0 Å². The first-order chi connectivity index (χ1) is 21.0. The normalized spacial score (nSPS) is 12.0. The fourth-order valence-electron chi connectivity index (χ4n) is 4.91. The minimum absolute atomic E-state index is 0.0275. The molecule has 0 aromatic heterocycles. The molecule has 0 spiro atoms. The summed E-state index contributed by atoms with van der Waals surface area (Å²) >= 11 is 6.53. The minimum Gasteiger partial charge on any atom is -0.352 e. The van der Waals surface area contributed by atoms with E-state index in [0.717, 1.165) is 26.6 Å². The molecule has 1 N–H and O–H groups in total. The van der Waals surface area contributed by atoms with E-state index >= 15 is 0 Å². The molecule has 0 fully saturated rings. The van der Waals surface area contributed by atoms with Crippen molar-refractivity contribution in [1.82, 2.24) is 10.2 Å². The number of anilines is 1. The van der Waals surface area contributed by atoms with Crippen LogP contribution in [-0.4, -0.2) is 43.8 Å². The first-order valence-corrected chi connectivity index (χ1v) is 16.3. The van der Waals surface area contributed by atoms with Crippen molar-refractivity contribution >= 4 is 39.1 Å². The number of benzene rings is 4. The maximum Gasteiger partial charge on any atom is 0.264 e. The molecular formula is C35H38ClN3O4S. The first kappa shape index (κ1) is 32.8. The summed E-state index contributed by atoms with van der Waals surface area (Å²) in [6.07, 6.45) is 0.244. The van der Waals surface area contributed by atoms with Gasteiger partial charge in [0.2, 0.25) is 11.8 Å². The van der Waals surface area contributed by atoms with Gasteiger partial charge in [-0.25, -0.2) is 8.42 Å². The Bertz CT molecular complexity index is 1690. The Balaban J connectivity index is 1.82. The average Bonchev–Trinajstić information content (AvgIpc) is 2.99. The highest BCUT2D eigenvalue weighted by molar-refractivity contribution is 7.92. The second kappa shape index (κ2) is 14.6. The Morgan fingerprint density at radius 2 is 1.43 bits per heavy atom. The topological polar surface area (TPSA) is 86.8 Å². The van der Waals surface area contributed by atoms with Crippen LogP contribution >= 0.6 is 11.6 Å². The number of hydrogen-bond donors (Lipinski definition) is 1. The third-order valence-corrected chi connectivity index (χ3v) is 9.41. The van der Waals surface area contributed by atoms with E-state index in [-0.39, 0.29) is 40.5 Å². The van der Waals surface area contributed by atoms with Crippen LogP contribution in [0.25, 0.3) is 0 Å². The van der Waals surface area contributed by atoms with Crippen molar-refractivity contribution in [1.29, 1.82) is 0 Å². The smallest absolute Gasteiger partial charge is 0.264 e. The van der Waals surface area contributed by atoms with Gasteiger partial charge >= 0.3 is 0 Å². The number of carbonyl (C=O) groups is 2. The molecule has 9 heteroatoms. The van der Waals surface area contributed by atoms with E-state index in [1.165, 1.54) is 17.0 Å².